The molecule has 1 heterocycles. The van der Waals surface area contributed by atoms with E-state index in [9.17, 15) is 0 Å². The molecule has 0 bridgehead atoms. The maximum Gasteiger partial charge on any atom is 0.124 e. The SMILES string of the molecule is Cc1cc(OCc2ccoc2CNC(C)C)ccc1Cl. The van der Waals surface area contributed by atoms with Crippen molar-refractivity contribution in [1.82, 2.24) is 5.32 Å². The highest BCUT2D eigenvalue weighted by Crippen LogP contribution is 2.22. The zero-order chi connectivity index (χ0) is 14.5. The Morgan fingerprint density at radius 1 is 1.30 bits per heavy atom. The van der Waals surface area contributed by atoms with Gasteiger partial charge in [0, 0.05) is 16.6 Å². The molecule has 3 nitrogen and oxygen atoms in total. The molecule has 0 aliphatic heterocycles. The van der Waals surface area contributed by atoms with Crippen LogP contribution in [0.4, 0.5) is 0 Å². The molecule has 4 heteroatoms. The first-order valence-electron chi connectivity index (χ1n) is 6.74. The van der Waals surface area contributed by atoms with E-state index in [0.29, 0.717) is 19.2 Å². The lowest BCUT2D eigenvalue weighted by molar-refractivity contribution is 0.300. The van der Waals surface area contributed by atoms with Gasteiger partial charge in [-0.3, -0.25) is 0 Å². The second-order valence-corrected chi connectivity index (χ2v) is 5.51. The van der Waals surface area contributed by atoms with E-state index in [1.165, 1.54) is 0 Å². The number of hydrogen-bond acceptors (Lipinski definition) is 3. The summed E-state index contributed by atoms with van der Waals surface area (Å²) in [5.74, 6) is 1.74. The molecule has 20 heavy (non-hydrogen) atoms. The van der Waals surface area contributed by atoms with Gasteiger partial charge in [-0.2, -0.15) is 0 Å². The molecule has 1 aromatic heterocycles. The minimum atomic E-state index is 0.424. The number of furan rings is 1. The van der Waals surface area contributed by atoms with Crippen LogP contribution in [0.3, 0.4) is 0 Å². The molecule has 0 aliphatic rings. The van der Waals surface area contributed by atoms with E-state index in [2.05, 4.69) is 19.2 Å². The van der Waals surface area contributed by atoms with Crippen LogP contribution < -0.4 is 10.1 Å². The van der Waals surface area contributed by atoms with Crippen molar-refractivity contribution in [3.05, 3.63) is 52.4 Å². The van der Waals surface area contributed by atoms with E-state index >= 15 is 0 Å². The van der Waals surface area contributed by atoms with Crippen LogP contribution in [0.2, 0.25) is 5.02 Å². The first kappa shape index (κ1) is 14.9. The van der Waals surface area contributed by atoms with E-state index < -0.39 is 0 Å². The molecule has 2 aromatic rings. The van der Waals surface area contributed by atoms with Crippen LogP contribution in [0.5, 0.6) is 5.75 Å². The first-order valence-corrected chi connectivity index (χ1v) is 7.11. The van der Waals surface area contributed by atoms with E-state index in [4.69, 9.17) is 20.8 Å². The Morgan fingerprint density at radius 2 is 2.10 bits per heavy atom. The lowest BCUT2D eigenvalue weighted by atomic mass is 10.2. The zero-order valence-electron chi connectivity index (χ0n) is 12.1. The molecule has 0 saturated carbocycles. The van der Waals surface area contributed by atoms with Crippen molar-refractivity contribution in [2.24, 2.45) is 0 Å². The lowest BCUT2D eigenvalue weighted by Gasteiger charge is -2.10. The largest absolute Gasteiger partial charge is 0.489 e. The third-order valence-corrected chi connectivity index (χ3v) is 3.46. The minimum Gasteiger partial charge on any atom is -0.489 e. The standard InChI is InChI=1S/C16H20ClNO2/c1-11(2)18-9-16-13(6-7-19-16)10-20-14-4-5-15(17)12(3)8-14/h4-8,11,18H,9-10H2,1-3H3. The summed E-state index contributed by atoms with van der Waals surface area (Å²) in [6.45, 7) is 7.38. The fraction of sp³-hybridized carbons (Fsp3) is 0.375. The van der Waals surface area contributed by atoms with Crippen LogP contribution in [0.25, 0.3) is 0 Å². The van der Waals surface area contributed by atoms with Gasteiger partial charge in [0.05, 0.1) is 12.8 Å². The highest BCUT2D eigenvalue weighted by molar-refractivity contribution is 6.31. The van der Waals surface area contributed by atoms with Gasteiger partial charge < -0.3 is 14.5 Å². The number of ether oxygens (including phenoxy) is 1. The summed E-state index contributed by atoms with van der Waals surface area (Å²) >= 11 is 6.00. The van der Waals surface area contributed by atoms with Gasteiger partial charge in [-0.15, -0.1) is 0 Å². The smallest absolute Gasteiger partial charge is 0.124 e. The summed E-state index contributed by atoms with van der Waals surface area (Å²) in [5, 5.41) is 4.09. The quantitative estimate of drug-likeness (QED) is 0.861. The molecule has 0 radical (unpaired) electrons. The van der Waals surface area contributed by atoms with Crippen LogP contribution in [0, 0.1) is 6.92 Å². The summed E-state index contributed by atoms with van der Waals surface area (Å²) in [4.78, 5) is 0. The van der Waals surface area contributed by atoms with Crippen LogP contribution in [0.1, 0.15) is 30.7 Å². The Kier molecular flexibility index (Phi) is 5.10. The second kappa shape index (κ2) is 6.82. The average Bonchev–Trinajstić information content (AvgIpc) is 2.85. The summed E-state index contributed by atoms with van der Waals surface area (Å²) in [6, 6.07) is 8.03. The van der Waals surface area contributed by atoms with Crippen molar-refractivity contribution >= 4 is 11.6 Å². The minimum absolute atomic E-state index is 0.424. The monoisotopic (exact) mass is 293 g/mol. The normalized spacial score (nSPS) is 11.1. The topological polar surface area (TPSA) is 34.4 Å². The zero-order valence-corrected chi connectivity index (χ0v) is 12.8. The molecule has 0 atom stereocenters. The van der Waals surface area contributed by atoms with Gasteiger partial charge >= 0.3 is 0 Å². The van der Waals surface area contributed by atoms with Gasteiger partial charge in [0.15, 0.2) is 0 Å². The lowest BCUT2D eigenvalue weighted by Crippen LogP contribution is -2.22. The van der Waals surface area contributed by atoms with E-state index in [1.807, 2.05) is 31.2 Å². The highest BCUT2D eigenvalue weighted by atomic mass is 35.5. The molecule has 0 fully saturated rings. The Labute approximate surface area is 124 Å². The molecule has 0 spiro atoms. The summed E-state index contributed by atoms with van der Waals surface area (Å²) in [6.07, 6.45) is 1.70. The molecule has 1 aromatic carbocycles. The average molecular weight is 294 g/mol. The van der Waals surface area contributed by atoms with Crippen molar-refractivity contribution in [1.29, 1.82) is 0 Å². The van der Waals surface area contributed by atoms with Gasteiger partial charge in [0.2, 0.25) is 0 Å². The van der Waals surface area contributed by atoms with Crippen LogP contribution >= 0.6 is 11.6 Å². The number of hydrogen-bond donors (Lipinski definition) is 1. The van der Waals surface area contributed by atoms with Crippen molar-refractivity contribution < 1.29 is 9.15 Å². The number of nitrogens with one attached hydrogen (secondary N) is 1. The molecule has 1 N–H and O–H groups in total. The second-order valence-electron chi connectivity index (χ2n) is 5.10. The number of aryl methyl sites for hydroxylation is 1. The van der Waals surface area contributed by atoms with Crippen molar-refractivity contribution in [3.63, 3.8) is 0 Å². The Balaban J connectivity index is 1.96. The van der Waals surface area contributed by atoms with E-state index in [0.717, 1.165) is 27.7 Å². The van der Waals surface area contributed by atoms with E-state index in [1.54, 1.807) is 6.26 Å². The summed E-state index contributed by atoms with van der Waals surface area (Å²) in [5.41, 5.74) is 2.07. The molecule has 2 rings (SSSR count). The highest BCUT2D eigenvalue weighted by Gasteiger charge is 2.08. The fourth-order valence-electron chi connectivity index (χ4n) is 1.82. The molecule has 0 amide bonds. The molecule has 108 valence electrons. The van der Waals surface area contributed by atoms with Gasteiger partial charge in [-0.25, -0.2) is 0 Å². The molecular formula is C16H20ClNO2. The van der Waals surface area contributed by atoms with Gasteiger partial charge in [0.1, 0.15) is 18.1 Å². The Hall–Kier alpha value is -1.45. The predicted octanol–water partition coefficient (Wildman–Crippen LogP) is 4.32. The summed E-state index contributed by atoms with van der Waals surface area (Å²) in [7, 11) is 0. The summed E-state index contributed by atoms with van der Waals surface area (Å²) < 4.78 is 11.3. The first-order chi connectivity index (χ1) is 9.56. The fourth-order valence-corrected chi connectivity index (χ4v) is 1.93. The maximum atomic E-state index is 6.00. The predicted molar refractivity (Wildman–Crippen MR) is 81.2 cm³/mol. The molecule has 0 unspecified atom stereocenters. The van der Waals surface area contributed by atoms with Crippen molar-refractivity contribution in [2.75, 3.05) is 0 Å². The van der Waals surface area contributed by atoms with Crippen molar-refractivity contribution in [3.8, 4) is 5.75 Å². The third-order valence-electron chi connectivity index (χ3n) is 3.03. The van der Waals surface area contributed by atoms with Gasteiger partial charge in [-0.05, 0) is 36.8 Å². The van der Waals surface area contributed by atoms with Crippen LogP contribution in [-0.4, -0.2) is 6.04 Å². The van der Waals surface area contributed by atoms with Gasteiger partial charge in [-0.1, -0.05) is 25.4 Å². The van der Waals surface area contributed by atoms with E-state index in [-0.39, 0.29) is 0 Å². The number of benzene rings is 1. The van der Waals surface area contributed by atoms with Crippen LogP contribution in [0.15, 0.2) is 34.9 Å². The van der Waals surface area contributed by atoms with Crippen LogP contribution in [-0.2, 0) is 13.2 Å². The maximum absolute atomic E-state index is 6.00. The Bertz CT molecular complexity index is 563. The molecule has 0 saturated heterocycles. The third kappa shape index (κ3) is 4.02. The molecular weight excluding hydrogens is 274 g/mol. The number of halogens is 1. The molecule has 0 aliphatic carbocycles. The van der Waals surface area contributed by atoms with Gasteiger partial charge in [0.25, 0.3) is 0 Å². The Morgan fingerprint density at radius 3 is 2.80 bits per heavy atom. The van der Waals surface area contributed by atoms with Crippen molar-refractivity contribution in [2.45, 2.75) is 40.0 Å². The number of rotatable bonds is 6.